The zero-order valence-corrected chi connectivity index (χ0v) is 18.8. The molecule has 2 aromatic rings. The summed E-state index contributed by atoms with van der Waals surface area (Å²) in [5, 5.41) is 2.87. The van der Waals surface area contributed by atoms with Gasteiger partial charge in [0.05, 0.1) is 24.9 Å². The van der Waals surface area contributed by atoms with E-state index in [0.29, 0.717) is 35.9 Å². The number of amides is 2. The molecule has 2 aliphatic rings. The molecule has 2 saturated heterocycles. The summed E-state index contributed by atoms with van der Waals surface area (Å²) in [6.45, 7) is 5.81. The molecule has 2 aliphatic heterocycles. The molecular formula is C24H31N5O3. The summed E-state index contributed by atoms with van der Waals surface area (Å²) >= 11 is 0. The van der Waals surface area contributed by atoms with Crippen molar-refractivity contribution >= 4 is 17.5 Å². The van der Waals surface area contributed by atoms with Crippen molar-refractivity contribution in [3.05, 3.63) is 47.5 Å². The Balaban J connectivity index is 1.39. The van der Waals surface area contributed by atoms with Crippen molar-refractivity contribution in [1.82, 2.24) is 19.8 Å². The molecule has 1 aromatic carbocycles. The lowest BCUT2D eigenvalue weighted by Crippen LogP contribution is -2.44. The van der Waals surface area contributed by atoms with Crippen LogP contribution in [0.15, 0.2) is 30.5 Å². The number of carbonyl (C=O) groups excluding carboxylic acids is 2. The molecule has 1 N–H and O–H groups in total. The third-order valence-corrected chi connectivity index (χ3v) is 6.29. The van der Waals surface area contributed by atoms with Crippen LogP contribution in [0.1, 0.15) is 53.5 Å². The molecule has 170 valence electrons. The lowest BCUT2D eigenvalue weighted by atomic mass is 9.96. The predicted molar refractivity (Wildman–Crippen MR) is 122 cm³/mol. The number of carbonyl (C=O) groups is 2. The number of aromatic nitrogens is 2. The van der Waals surface area contributed by atoms with Crippen molar-refractivity contribution in [2.75, 3.05) is 45.2 Å². The van der Waals surface area contributed by atoms with Crippen molar-refractivity contribution in [2.45, 2.75) is 38.5 Å². The summed E-state index contributed by atoms with van der Waals surface area (Å²) < 4.78 is 5.14. The highest BCUT2D eigenvalue weighted by molar-refractivity contribution is 6.04. The zero-order valence-electron chi connectivity index (χ0n) is 18.8. The van der Waals surface area contributed by atoms with Crippen LogP contribution in [0.2, 0.25) is 0 Å². The van der Waals surface area contributed by atoms with Crippen molar-refractivity contribution in [2.24, 2.45) is 0 Å². The average molecular weight is 438 g/mol. The Morgan fingerprint density at radius 1 is 1.12 bits per heavy atom. The molecule has 1 atom stereocenters. The number of nitrogens with one attached hydrogen (secondary N) is 1. The van der Waals surface area contributed by atoms with Gasteiger partial charge in [-0.25, -0.2) is 9.97 Å². The predicted octanol–water partition coefficient (Wildman–Crippen LogP) is 2.85. The number of hydrogen-bond donors (Lipinski definition) is 1. The van der Waals surface area contributed by atoms with Gasteiger partial charge >= 0.3 is 0 Å². The Hall–Kier alpha value is -3.00. The summed E-state index contributed by atoms with van der Waals surface area (Å²) in [7, 11) is 1.60. The Morgan fingerprint density at radius 3 is 2.56 bits per heavy atom. The number of likely N-dealkylation sites (tertiary alicyclic amines) is 2. The molecule has 0 aliphatic carbocycles. The van der Waals surface area contributed by atoms with Crippen LogP contribution in [0.25, 0.3) is 0 Å². The van der Waals surface area contributed by atoms with Crippen molar-refractivity contribution in [3.63, 3.8) is 0 Å². The number of ether oxygens (including phenoxy) is 1. The van der Waals surface area contributed by atoms with Crippen molar-refractivity contribution in [1.29, 1.82) is 0 Å². The second kappa shape index (κ2) is 10.1. The minimum Gasteiger partial charge on any atom is -0.497 e. The van der Waals surface area contributed by atoms with E-state index >= 15 is 0 Å². The number of hydrogen-bond acceptors (Lipinski definition) is 6. The van der Waals surface area contributed by atoms with Gasteiger partial charge < -0.3 is 15.0 Å². The normalized spacial score (nSPS) is 19.1. The van der Waals surface area contributed by atoms with E-state index in [4.69, 9.17) is 4.74 Å². The highest BCUT2D eigenvalue weighted by Gasteiger charge is 2.28. The standard InChI is InChI=1S/C24H31N5O3/c1-17-21(24(31)27-19-7-9-20(32-2)10-8-19)14-25-23(26-17)18-6-5-13-29(15-18)22(30)16-28-11-3-4-12-28/h7-10,14,18H,3-6,11-13,15-16H2,1-2H3,(H,27,31)/t18-/m0/s1. The molecule has 32 heavy (non-hydrogen) atoms. The maximum absolute atomic E-state index is 12.7. The molecule has 8 heteroatoms. The third kappa shape index (κ3) is 5.24. The SMILES string of the molecule is COc1ccc(NC(=O)c2cnc([C@H]3CCCN(C(=O)CN4CCCC4)C3)nc2C)cc1. The van der Waals surface area contributed by atoms with Gasteiger partial charge in [-0.3, -0.25) is 14.5 Å². The minimum absolute atomic E-state index is 0.101. The number of aryl methyl sites for hydroxylation is 1. The van der Waals surface area contributed by atoms with E-state index in [1.165, 1.54) is 12.8 Å². The summed E-state index contributed by atoms with van der Waals surface area (Å²) in [5.41, 5.74) is 1.77. The topological polar surface area (TPSA) is 87.7 Å². The molecule has 0 unspecified atom stereocenters. The largest absolute Gasteiger partial charge is 0.497 e. The number of anilines is 1. The van der Waals surface area contributed by atoms with E-state index in [-0.39, 0.29) is 17.7 Å². The van der Waals surface area contributed by atoms with Gasteiger partial charge in [0.1, 0.15) is 11.6 Å². The fraction of sp³-hybridized carbons (Fsp3) is 0.500. The molecule has 0 radical (unpaired) electrons. The number of methoxy groups -OCH3 is 1. The van der Waals surface area contributed by atoms with Gasteiger partial charge in [0.15, 0.2) is 0 Å². The van der Waals surface area contributed by atoms with Gasteiger partial charge in [0.2, 0.25) is 5.91 Å². The van der Waals surface area contributed by atoms with E-state index in [9.17, 15) is 9.59 Å². The lowest BCUT2D eigenvalue weighted by Gasteiger charge is -2.33. The third-order valence-electron chi connectivity index (χ3n) is 6.29. The van der Waals surface area contributed by atoms with E-state index < -0.39 is 0 Å². The Morgan fingerprint density at radius 2 is 1.88 bits per heavy atom. The van der Waals surface area contributed by atoms with E-state index in [0.717, 1.165) is 38.2 Å². The average Bonchev–Trinajstić information content (AvgIpc) is 3.32. The molecule has 1 aromatic heterocycles. The van der Waals surface area contributed by atoms with E-state index in [1.54, 1.807) is 37.6 Å². The van der Waals surface area contributed by atoms with E-state index in [2.05, 4.69) is 20.2 Å². The molecule has 0 saturated carbocycles. The van der Waals surface area contributed by atoms with Crippen LogP contribution in [-0.4, -0.2) is 71.4 Å². The summed E-state index contributed by atoms with van der Waals surface area (Å²) in [6.07, 6.45) is 5.85. The number of piperidine rings is 1. The van der Waals surface area contributed by atoms with Crippen LogP contribution in [0.3, 0.4) is 0 Å². The molecule has 2 amide bonds. The molecule has 0 bridgehead atoms. The first-order valence-corrected chi connectivity index (χ1v) is 11.3. The van der Waals surface area contributed by atoms with Crippen LogP contribution in [0, 0.1) is 6.92 Å². The van der Waals surface area contributed by atoms with Crippen LogP contribution in [0.4, 0.5) is 5.69 Å². The van der Waals surface area contributed by atoms with Gasteiger partial charge in [0, 0.05) is 30.9 Å². The zero-order chi connectivity index (χ0) is 22.5. The van der Waals surface area contributed by atoms with Crippen molar-refractivity contribution < 1.29 is 14.3 Å². The lowest BCUT2D eigenvalue weighted by molar-refractivity contribution is -0.133. The second-order valence-electron chi connectivity index (χ2n) is 8.57. The summed E-state index contributed by atoms with van der Waals surface area (Å²) in [4.78, 5) is 38.8. The number of nitrogens with zero attached hydrogens (tertiary/aromatic N) is 4. The van der Waals surface area contributed by atoms with Gasteiger partial charge in [-0.2, -0.15) is 0 Å². The molecule has 4 rings (SSSR count). The first-order chi connectivity index (χ1) is 15.5. The van der Waals surface area contributed by atoms with Crippen LogP contribution in [-0.2, 0) is 4.79 Å². The Bertz CT molecular complexity index is 957. The quantitative estimate of drug-likeness (QED) is 0.748. The maximum atomic E-state index is 12.7. The smallest absolute Gasteiger partial charge is 0.259 e. The van der Waals surface area contributed by atoms with Gasteiger partial charge in [-0.15, -0.1) is 0 Å². The molecule has 0 spiro atoms. The van der Waals surface area contributed by atoms with E-state index in [1.807, 2.05) is 11.8 Å². The van der Waals surface area contributed by atoms with Crippen molar-refractivity contribution in [3.8, 4) is 5.75 Å². The summed E-state index contributed by atoms with van der Waals surface area (Å²) in [6, 6.07) is 7.16. The molecule has 3 heterocycles. The molecule has 8 nitrogen and oxygen atoms in total. The summed E-state index contributed by atoms with van der Waals surface area (Å²) in [5.74, 6) is 1.49. The number of benzene rings is 1. The van der Waals surface area contributed by atoms with Crippen LogP contribution >= 0.6 is 0 Å². The fourth-order valence-corrected chi connectivity index (χ4v) is 4.42. The Labute approximate surface area is 189 Å². The second-order valence-corrected chi connectivity index (χ2v) is 8.57. The fourth-order valence-electron chi connectivity index (χ4n) is 4.42. The minimum atomic E-state index is -0.245. The first kappa shape index (κ1) is 22.2. The van der Waals surface area contributed by atoms with Gasteiger partial charge in [-0.1, -0.05) is 0 Å². The number of rotatable bonds is 6. The molecule has 2 fully saturated rings. The monoisotopic (exact) mass is 437 g/mol. The van der Waals surface area contributed by atoms with Gasteiger partial charge in [-0.05, 0) is 70.0 Å². The van der Waals surface area contributed by atoms with Gasteiger partial charge in [0.25, 0.3) is 5.91 Å². The van der Waals surface area contributed by atoms with Crippen LogP contribution in [0.5, 0.6) is 5.75 Å². The first-order valence-electron chi connectivity index (χ1n) is 11.3. The highest BCUT2D eigenvalue weighted by atomic mass is 16.5. The molecular weight excluding hydrogens is 406 g/mol. The van der Waals surface area contributed by atoms with Crippen LogP contribution < -0.4 is 10.1 Å². The highest BCUT2D eigenvalue weighted by Crippen LogP contribution is 2.25. The Kier molecular flexibility index (Phi) is 6.99. The maximum Gasteiger partial charge on any atom is 0.259 e.